The lowest BCUT2D eigenvalue weighted by molar-refractivity contribution is -0.140. The second-order valence-corrected chi connectivity index (χ2v) is 8.43. The average Bonchev–Trinajstić information content (AvgIpc) is 2.70. The van der Waals surface area contributed by atoms with E-state index in [1.54, 1.807) is 30.0 Å². The first-order valence-corrected chi connectivity index (χ1v) is 10.9. The van der Waals surface area contributed by atoms with Crippen molar-refractivity contribution in [1.29, 1.82) is 0 Å². The second-order valence-electron chi connectivity index (χ2n) is 7.37. The fourth-order valence-electron chi connectivity index (χ4n) is 3.96. The van der Waals surface area contributed by atoms with Gasteiger partial charge in [0.2, 0.25) is 0 Å². The molecule has 1 heterocycles. The van der Waals surface area contributed by atoms with Crippen molar-refractivity contribution in [3.05, 3.63) is 53.6 Å². The number of carbonyl (C=O) groups excluding carboxylic acids is 1. The van der Waals surface area contributed by atoms with Crippen LogP contribution in [0, 0.1) is 0 Å². The van der Waals surface area contributed by atoms with Gasteiger partial charge in [0, 0.05) is 23.0 Å². The van der Waals surface area contributed by atoms with Crippen molar-refractivity contribution in [3.63, 3.8) is 0 Å². The van der Waals surface area contributed by atoms with Gasteiger partial charge in [-0.05, 0) is 54.2 Å². The number of esters is 1. The van der Waals surface area contributed by atoms with Crippen LogP contribution in [-0.2, 0) is 9.53 Å². The summed E-state index contributed by atoms with van der Waals surface area (Å²) < 4.78 is 4.69. The summed E-state index contributed by atoms with van der Waals surface area (Å²) >= 11 is 1.79. The number of hydrogen-bond donors (Lipinski definition) is 2. The van der Waals surface area contributed by atoms with Crippen molar-refractivity contribution in [2.75, 3.05) is 12.9 Å². The molecule has 0 saturated heterocycles. The molecule has 5 heteroatoms. The highest BCUT2D eigenvalue weighted by Gasteiger charge is 2.31. The van der Waals surface area contributed by atoms with Gasteiger partial charge >= 0.3 is 5.97 Å². The lowest BCUT2D eigenvalue weighted by Gasteiger charge is -2.34. The van der Waals surface area contributed by atoms with E-state index in [0.29, 0.717) is 29.8 Å². The summed E-state index contributed by atoms with van der Waals surface area (Å²) in [4.78, 5) is 12.4. The van der Waals surface area contributed by atoms with Crippen LogP contribution in [-0.4, -0.2) is 29.0 Å². The summed E-state index contributed by atoms with van der Waals surface area (Å²) in [6.45, 7) is 0. The zero-order valence-electron chi connectivity index (χ0n) is 16.3. The van der Waals surface area contributed by atoms with E-state index in [0.717, 1.165) is 37.9 Å². The molecule has 0 saturated carbocycles. The maximum atomic E-state index is 11.2. The molecular weight excluding hydrogens is 372 g/mol. The normalized spacial score (nSPS) is 18.5. The highest BCUT2D eigenvalue weighted by molar-refractivity contribution is 7.99. The topological polar surface area (TPSA) is 66.8 Å². The molecule has 0 aromatic heterocycles. The lowest BCUT2D eigenvalue weighted by atomic mass is 9.79. The molecule has 3 rings (SSSR count). The maximum Gasteiger partial charge on any atom is 0.305 e. The molecule has 2 aromatic rings. The third-order valence-corrected chi connectivity index (χ3v) is 6.69. The Kier molecular flexibility index (Phi) is 7.26. The number of methoxy groups -OCH3 is 1. The number of carbonyl (C=O) groups is 1. The van der Waals surface area contributed by atoms with Crippen LogP contribution in [0.3, 0.4) is 0 Å². The van der Waals surface area contributed by atoms with Crippen molar-refractivity contribution in [1.82, 2.24) is 0 Å². The Labute approximate surface area is 170 Å². The summed E-state index contributed by atoms with van der Waals surface area (Å²) in [7, 11) is 1.43. The number of benzene rings is 2. The van der Waals surface area contributed by atoms with Crippen LogP contribution in [0.25, 0.3) is 0 Å². The number of rotatable bonds is 8. The molecule has 0 bridgehead atoms. The molecule has 0 spiro atoms. The van der Waals surface area contributed by atoms with Crippen LogP contribution in [0.2, 0.25) is 0 Å². The molecule has 28 heavy (non-hydrogen) atoms. The monoisotopic (exact) mass is 400 g/mol. The van der Waals surface area contributed by atoms with E-state index in [4.69, 9.17) is 4.74 Å². The SMILES string of the molecule is COC(=O)CCCCCCC1c2ccc(O)cc2SCC1c1ccc(O)cc1. The first kappa shape index (κ1) is 20.6. The van der Waals surface area contributed by atoms with Gasteiger partial charge in [0.15, 0.2) is 0 Å². The Morgan fingerprint density at radius 2 is 1.75 bits per heavy atom. The predicted octanol–water partition coefficient (Wildman–Crippen LogP) is 5.58. The number of fused-ring (bicyclic) bond motifs is 1. The van der Waals surface area contributed by atoms with Gasteiger partial charge in [0.1, 0.15) is 11.5 Å². The van der Waals surface area contributed by atoms with E-state index in [1.807, 2.05) is 18.2 Å². The van der Waals surface area contributed by atoms with Gasteiger partial charge in [-0.25, -0.2) is 0 Å². The molecule has 0 amide bonds. The molecular formula is C23H28O4S. The standard InChI is InChI=1S/C23H28O4S/c1-27-23(26)7-5-3-2-4-6-19-20-13-12-18(25)14-22(20)28-15-21(19)16-8-10-17(24)11-9-16/h8-14,19,21,24-25H,2-7,15H2,1H3. The minimum atomic E-state index is -0.134. The van der Waals surface area contributed by atoms with E-state index in [-0.39, 0.29) is 5.97 Å². The van der Waals surface area contributed by atoms with E-state index in [2.05, 4.69) is 6.07 Å². The van der Waals surface area contributed by atoms with Crippen molar-refractivity contribution in [2.24, 2.45) is 0 Å². The Morgan fingerprint density at radius 1 is 1.04 bits per heavy atom. The van der Waals surface area contributed by atoms with E-state index >= 15 is 0 Å². The summed E-state index contributed by atoms with van der Waals surface area (Å²) in [6.07, 6.45) is 5.67. The summed E-state index contributed by atoms with van der Waals surface area (Å²) in [5.41, 5.74) is 2.56. The fraction of sp³-hybridized carbons (Fsp3) is 0.435. The van der Waals surface area contributed by atoms with Crippen molar-refractivity contribution >= 4 is 17.7 Å². The Balaban J connectivity index is 1.67. The summed E-state index contributed by atoms with van der Waals surface area (Å²) in [6, 6.07) is 13.3. The van der Waals surface area contributed by atoms with E-state index in [1.165, 1.54) is 23.1 Å². The maximum absolute atomic E-state index is 11.2. The molecule has 4 nitrogen and oxygen atoms in total. The van der Waals surface area contributed by atoms with Gasteiger partial charge in [0.05, 0.1) is 7.11 Å². The average molecular weight is 401 g/mol. The molecule has 0 fully saturated rings. The Hall–Kier alpha value is -2.14. The molecule has 0 aliphatic carbocycles. The highest BCUT2D eigenvalue weighted by atomic mass is 32.2. The first-order valence-electron chi connectivity index (χ1n) is 9.90. The number of hydrogen-bond acceptors (Lipinski definition) is 5. The molecule has 2 aromatic carbocycles. The summed E-state index contributed by atoms with van der Waals surface area (Å²) in [5.74, 6) is 2.22. The van der Waals surface area contributed by atoms with E-state index in [9.17, 15) is 15.0 Å². The molecule has 2 atom stereocenters. The van der Waals surface area contributed by atoms with Gasteiger partial charge in [-0.2, -0.15) is 0 Å². The number of aromatic hydroxyl groups is 2. The van der Waals surface area contributed by atoms with Crippen LogP contribution in [0.1, 0.15) is 61.5 Å². The molecule has 150 valence electrons. The molecule has 2 N–H and O–H groups in total. The number of ether oxygens (including phenoxy) is 1. The predicted molar refractivity (Wildman–Crippen MR) is 112 cm³/mol. The van der Waals surface area contributed by atoms with Crippen molar-refractivity contribution in [3.8, 4) is 11.5 Å². The smallest absolute Gasteiger partial charge is 0.305 e. The van der Waals surface area contributed by atoms with Crippen molar-refractivity contribution in [2.45, 2.75) is 55.3 Å². The number of phenolic OH excluding ortho intramolecular Hbond substituents is 2. The Morgan fingerprint density at radius 3 is 2.50 bits per heavy atom. The highest BCUT2D eigenvalue weighted by Crippen LogP contribution is 2.49. The molecule has 1 aliphatic heterocycles. The minimum Gasteiger partial charge on any atom is -0.508 e. The van der Waals surface area contributed by atoms with Gasteiger partial charge in [-0.3, -0.25) is 4.79 Å². The summed E-state index contributed by atoms with van der Waals surface area (Å²) in [5, 5.41) is 19.5. The van der Waals surface area contributed by atoms with Gasteiger partial charge < -0.3 is 14.9 Å². The van der Waals surface area contributed by atoms with Crippen LogP contribution < -0.4 is 0 Å². The fourth-order valence-corrected chi connectivity index (χ4v) is 5.34. The van der Waals surface area contributed by atoms with E-state index < -0.39 is 0 Å². The number of phenols is 2. The minimum absolute atomic E-state index is 0.134. The third kappa shape index (κ3) is 5.22. The van der Waals surface area contributed by atoms with Crippen LogP contribution in [0.15, 0.2) is 47.4 Å². The molecule has 0 radical (unpaired) electrons. The van der Waals surface area contributed by atoms with Gasteiger partial charge in [-0.1, -0.05) is 37.5 Å². The largest absolute Gasteiger partial charge is 0.508 e. The third-order valence-electron chi connectivity index (χ3n) is 5.50. The molecule has 1 aliphatic rings. The second kappa shape index (κ2) is 9.87. The van der Waals surface area contributed by atoms with Gasteiger partial charge in [-0.15, -0.1) is 11.8 Å². The zero-order chi connectivity index (χ0) is 19.9. The zero-order valence-corrected chi connectivity index (χ0v) is 17.1. The number of thioether (sulfide) groups is 1. The van der Waals surface area contributed by atoms with Crippen LogP contribution >= 0.6 is 11.8 Å². The van der Waals surface area contributed by atoms with Crippen LogP contribution in [0.4, 0.5) is 0 Å². The van der Waals surface area contributed by atoms with Crippen molar-refractivity contribution < 1.29 is 19.7 Å². The Bertz CT molecular complexity index is 788. The van der Waals surface area contributed by atoms with Crippen LogP contribution in [0.5, 0.6) is 11.5 Å². The number of unbranched alkanes of at least 4 members (excludes halogenated alkanes) is 3. The lowest BCUT2D eigenvalue weighted by Crippen LogP contribution is -2.19. The molecule has 2 unspecified atom stereocenters. The first-order chi connectivity index (χ1) is 13.6. The van der Waals surface area contributed by atoms with Gasteiger partial charge in [0.25, 0.3) is 0 Å². The quantitative estimate of drug-likeness (QED) is 0.447.